The van der Waals surface area contributed by atoms with E-state index >= 15 is 0 Å². The Bertz CT molecular complexity index is 736. The summed E-state index contributed by atoms with van der Waals surface area (Å²) in [5.41, 5.74) is 1.57. The summed E-state index contributed by atoms with van der Waals surface area (Å²) in [7, 11) is 1.15. The van der Waals surface area contributed by atoms with Crippen LogP contribution in [0.5, 0.6) is 0 Å². The Morgan fingerprint density at radius 1 is 1.19 bits per heavy atom. The molecule has 0 saturated carbocycles. The lowest BCUT2D eigenvalue weighted by atomic mass is 9.93. The molecular weight excluding hydrogens is 372 g/mol. The molecule has 1 aliphatic rings. The van der Waals surface area contributed by atoms with Crippen molar-refractivity contribution in [3.05, 3.63) is 11.7 Å². The molecule has 2 N–H and O–H groups in total. The van der Waals surface area contributed by atoms with Crippen LogP contribution in [0.25, 0.3) is 5.57 Å². The average molecular weight is 385 g/mol. The molecule has 0 spiro atoms. The number of hydrogen-bond acceptors (Lipinski definition) is 7. The van der Waals surface area contributed by atoms with E-state index in [0.717, 1.165) is 14.0 Å². The maximum Gasteiger partial charge on any atom is 0.408 e. The largest absolute Gasteiger partial charge is 0.408 e. The third-order valence-electron chi connectivity index (χ3n) is 3.42. The van der Waals surface area contributed by atoms with Crippen LogP contribution in [0, 0.1) is 0 Å². The van der Waals surface area contributed by atoms with Gasteiger partial charge in [-0.25, -0.2) is 9.87 Å². The quantitative estimate of drug-likeness (QED) is 0.595. The van der Waals surface area contributed by atoms with Crippen molar-refractivity contribution in [2.45, 2.75) is 37.9 Å². The Balaban J connectivity index is 2.45. The van der Waals surface area contributed by atoms with E-state index in [1.807, 2.05) is 5.32 Å². The minimum atomic E-state index is -4.63. The molecule has 0 bridgehead atoms. The molecule has 0 aromatic carbocycles. The minimum Gasteiger partial charge on any atom is -0.343 e. The topological polar surface area (TPSA) is 89.0 Å². The SMILES string of the molecule is CONc1nc(N[C@H](C)C(F)(F)F)nc(C2=C(F)C(=O)C(F)(F)CC2)n1. The predicted octanol–water partition coefficient (Wildman–Crippen LogP) is 2.89. The van der Waals surface area contributed by atoms with Gasteiger partial charge in [0.15, 0.2) is 11.7 Å². The molecule has 0 fully saturated rings. The Morgan fingerprint density at radius 3 is 2.38 bits per heavy atom. The standard InChI is InChI=1S/C13H13F6N5O2/c1-5(13(17,18)19)20-10-21-9(22-11(23-10)24-26-2)6-3-4-12(15,16)8(25)7(6)14/h5H,3-4H2,1-2H3,(H2,20,21,22,23,24)/t5-/m1/s1. The minimum absolute atomic E-state index is 0.403. The van der Waals surface area contributed by atoms with Crippen molar-refractivity contribution >= 4 is 23.3 Å². The number of anilines is 2. The van der Waals surface area contributed by atoms with Gasteiger partial charge in [0.05, 0.1) is 7.11 Å². The molecule has 1 aliphatic carbocycles. The number of rotatable bonds is 5. The first-order chi connectivity index (χ1) is 12.0. The van der Waals surface area contributed by atoms with Crippen molar-refractivity contribution < 1.29 is 36.0 Å². The van der Waals surface area contributed by atoms with Crippen LogP contribution in [-0.2, 0) is 9.63 Å². The fourth-order valence-corrected chi connectivity index (χ4v) is 2.00. The third kappa shape index (κ3) is 4.20. The van der Waals surface area contributed by atoms with Crippen LogP contribution in [0.3, 0.4) is 0 Å². The van der Waals surface area contributed by atoms with Crippen LogP contribution in [-0.4, -0.2) is 46.0 Å². The lowest BCUT2D eigenvalue weighted by molar-refractivity contribution is -0.142. The van der Waals surface area contributed by atoms with Gasteiger partial charge in [0.2, 0.25) is 5.95 Å². The lowest BCUT2D eigenvalue weighted by Gasteiger charge is -2.22. The van der Waals surface area contributed by atoms with Gasteiger partial charge < -0.3 is 5.32 Å². The number of Topliss-reactive ketones (excluding diaryl/α,β-unsaturated/α-hetero) is 1. The molecular formula is C13H13F6N5O2. The summed E-state index contributed by atoms with van der Waals surface area (Å²) in [6, 6.07) is -2.07. The van der Waals surface area contributed by atoms with Crippen LogP contribution in [0.15, 0.2) is 5.83 Å². The van der Waals surface area contributed by atoms with Crippen molar-refractivity contribution in [2.75, 3.05) is 17.9 Å². The molecule has 0 aliphatic heterocycles. The van der Waals surface area contributed by atoms with Crippen LogP contribution < -0.4 is 10.8 Å². The highest BCUT2D eigenvalue weighted by Gasteiger charge is 2.46. The van der Waals surface area contributed by atoms with Gasteiger partial charge in [-0.3, -0.25) is 9.63 Å². The second-order valence-corrected chi connectivity index (χ2v) is 5.35. The van der Waals surface area contributed by atoms with Gasteiger partial charge in [-0.15, -0.1) is 0 Å². The molecule has 1 aromatic rings. The van der Waals surface area contributed by atoms with E-state index in [1.165, 1.54) is 0 Å². The van der Waals surface area contributed by atoms with Gasteiger partial charge in [-0.2, -0.15) is 36.9 Å². The highest BCUT2D eigenvalue weighted by atomic mass is 19.4. The van der Waals surface area contributed by atoms with Gasteiger partial charge in [0.1, 0.15) is 6.04 Å². The van der Waals surface area contributed by atoms with Gasteiger partial charge in [-0.05, 0) is 13.3 Å². The number of allylic oxidation sites excluding steroid dienone is 2. The molecule has 26 heavy (non-hydrogen) atoms. The van der Waals surface area contributed by atoms with E-state index in [1.54, 1.807) is 0 Å². The van der Waals surface area contributed by atoms with Crippen molar-refractivity contribution in [1.29, 1.82) is 0 Å². The molecule has 1 heterocycles. The summed E-state index contributed by atoms with van der Waals surface area (Å²) in [4.78, 5) is 26.8. The number of nitrogens with one attached hydrogen (secondary N) is 2. The molecule has 2 rings (SSSR count). The summed E-state index contributed by atoms with van der Waals surface area (Å²) < 4.78 is 78.6. The van der Waals surface area contributed by atoms with Gasteiger partial charge >= 0.3 is 12.1 Å². The first-order valence-electron chi connectivity index (χ1n) is 7.15. The summed E-state index contributed by atoms with van der Waals surface area (Å²) in [6.07, 6.45) is -6.20. The number of alkyl halides is 5. The number of hydrogen-bond donors (Lipinski definition) is 2. The van der Waals surface area contributed by atoms with Gasteiger partial charge in [0.25, 0.3) is 11.7 Å². The summed E-state index contributed by atoms with van der Waals surface area (Å²) in [5.74, 6) is -9.20. The molecule has 1 atom stereocenters. The van der Waals surface area contributed by atoms with E-state index in [4.69, 9.17) is 0 Å². The van der Waals surface area contributed by atoms with Gasteiger partial charge in [0, 0.05) is 12.0 Å². The highest BCUT2D eigenvalue weighted by molar-refractivity contribution is 6.05. The van der Waals surface area contributed by atoms with Crippen LogP contribution >= 0.6 is 0 Å². The van der Waals surface area contributed by atoms with Gasteiger partial charge in [-0.1, -0.05) is 0 Å². The fourth-order valence-electron chi connectivity index (χ4n) is 2.00. The van der Waals surface area contributed by atoms with Crippen molar-refractivity contribution in [3.8, 4) is 0 Å². The third-order valence-corrected chi connectivity index (χ3v) is 3.42. The zero-order valence-electron chi connectivity index (χ0n) is 13.4. The van der Waals surface area contributed by atoms with Crippen molar-refractivity contribution in [3.63, 3.8) is 0 Å². The molecule has 0 amide bonds. The van der Waals surface area contributed by atoms with Crippen LogP contribution in [0.4, 0.5) is 38.2 Å². The second-order valence-electron chi connectivity index (χ2n) is 5.35. The van der Waals surface area contributed by atoms with E-state index in [9.17, 15) is 31.1 Å². The van der Waals surface area contributed by atoms with E-state index in [0.29, 0.717) is 0 Å². The van der Waals surface area contributed by atoms with E-state index in [2.05, 4.69) is 25.3 Å². The number of nitrogens with zero attached hydrogens (tertiary/aromatic N) is 3. The molecule has 0 saturated heterocycles. The predicted molar refractivity (Wildman–Crippen MR) is 76.8 cm³/mol. The van der Waals surface area contributed by atoms with E-state index in [-0.39, 0.29) is 0 Å². The Labute approximate surface area is 142 Å². The zero-order valence-corrected chi connectivity index (χ0v) is 13.4. The highest BCUT2D eigenvalue weighted by Crippen LogP contribution is 2.38. The molecule has 0 radical (unpaired) electrons. The molecule has 144 valence electrons. The number of carbonyl (C=O) groups excluding carboxylic acids is 1. The van der Waals surface area contributed by atoms with Crippen LogP contribution in [0.1, 0.15) is 25.6 Å². The van der Waals surface area contributed by atoms with Crippen molar-refractivity contribution in [2.24, 2.45) is 0 Å². The number of carbonyl (C=O) groups is 1. The number of ketones is 1. The molecule has 7 nitrogen and oxygen atoms in total. The molecule has 13 heteroatoms. The molecule has 0 unspecified atom stereocenters. The maximum absolute atomic E-state index is 14.0. The normalized spacial score (nSPS) is 18.7. The number of aromatic nitrogens is 3. The second kappa shape index (κ2) is 7.05. The number of halogens is 6. The zero-order chi connectivity index (χ0) is 19.7. The lowest BCUT2D eigenvalue weighted by Crippen LogP contribution is -2.34. The summed E-state index contributed by atoms with van der Waals surface area (Å²) in [6.45, 7) is 0.789. The fraction of sp³-hybridized carbons (Fsp3) is 0.538. The Morgan fingerprint density at radius 2 is 1.81 bits per heavy atom. The first kappa shape index (κ1) is 19.9. The van der Waals surface area contributed by atoms with Crippen molar-refractivity contribution in [1.82, 2.24) is 15.0 Å². The van der Waals surface area contributed by atoms with Crippen LogP contribution in [0.2, 0.25) is 0 Å². The summed E-state index contributed by atoms with van der Waals surface area (Å²) >= 11 is 0. The average Bonchev–Trinajstić information content (AvgIpc) is 2.52. The maximum atomic E-state index is 14.0. The Hall–Kier alpha value is -2.44. The summed E-state index contributed by atoms with van der Waals surface area (Å²) in [5, 5.41) is 1.94. The smallest absolute Gasteiger partial charge is 0.343 e. The van der Waals surface area contributed by atoms with E-state index < -0.39 is 65.9 Å². The molecule has 1 aromatic heterocycles. The monoisotopic (exact) mass is 385 g/mol. The Kier molecular flexibility index (Phi) is 5.39. The first-order valence-corrected chi connectivity index (χ1v) is 7.15.